The minimum Gasteiger partial charge on any atom is -0.508 e. The minimum absolute atomic E-state index is 0.173. The third-order valence-corrected chi connectivity index (χ3v) is 3.05. The Morgan fingerprint density at radius 2 is 1.58 bits per heavy atom. The topological polar surface area (TPSA) is 46.5 Å². The van der Waals surface area contributed by atoms with Crippen LogP contribution in [0.2, 0.25) is 0 Å². The second kappa shape index (κ2) is 9.42. The Bertz CT molecular complexity index is 357. The number of carbonyl (C=O) groups excluding carboxylic acids is 1. The number of hydrogen-bond donors (Lipinski definition) is 1. The van der Waals surface area contributed by atoms with Crippen molar-refractivity contribution in [3.63, 3.8) is 0 Å². The number of hydrogen-bond acceptors (Lipinski definition) is 3. The minimum atomic E-state index is -0.195. The molecule has 1 rings (SSSR count). The molecule has 19 heavy (non-hydrogen) atoms. The summed E-state index contributed by atoms with van der Waals surface area (Å²) in [6, 6.07) is 6.21. The lowest BCUT2D eigenvalue weighted by molar-refractivity contribution is -0.134. The number of ether oxygens (including phenoxy) is 1. The number of esters is 1. The number of phenolic OH excluding ortho intramolecular Hbond substituents is 1. The molecule has 0 atom stereocenters. The number of aromatic hydroxyl groups is 1. The molecule has 0 saturated carbocycles. The van der Waals surface area contributed by atoms with Gasteiger partial charge in [0.1, 0.15) is 11.5 Å². The lowest BCUT2D eigenvalue weighted by Crippen LogP contribution is -2.07. The van der Waals surface area contributed by atoms with Crippen molar-refractivity contribution < 1.29 is 14.6 Å². The lowest BCUT2D eigenvalue weighted by Gasteiger charge is -2.04. The van der Waals surface area contributed by atoms with Gasteiger partial charge in [-0.25, -0.2) is 0 Å². The van der Waals surface area contributed by atoms with E-state index >= 15 is 0 Å². The van der Waals surface area contributed by atoms with Crippen LogP contribution in [-0.4, -0.2) is 11.1 Å². The summed E-state index contributed by atoms with van der Waals surface area (Å²) >= 11 is 0. The first-order valence-corrected chi connectivity index (χ1v) is 7.22. The maximum atomic E-state index is 11.5. The third kappa shape index (κ3) is 7.50. The average Bonchev–Trinajstić information content (AvgIpc) is 2.40. The molecule has 3 heteroatoms. The number of phenols is 1. The largest absolute Gasteiger partial charge is 0.508 e. The van der Waals surface area contributed by atoms with E-state index in [2.05, 4.69) is 6.92 Å². The predicted molar refractivity (Wildman–Crippen MR) is 76.4 cm³/mol. The number of rotatable bonds is 9. The molecule has 1 aromatic rings. The van der Waals surface area contributed by atoms with E-state index < -0.39 is 0 Å². The zero-order valence-corrected chi connectivity index (χ0v) is 11.7. The van der Waals surface area contributed by atoms with Crippen molar-refractivity contribution in [1.29, 1.82) is 0 Å². The molecule has 0 aliphatic rings. The van der Waals surface area contributed by atoms with E-state index in [0.29, 0.717) is 12.2 Å². The van der Waals surface area contributed by atoms with Crippen LogP contribution in [0.25, 0.3) is 0 Å². The van der Waals surface area contributed by atoms with Crippen molar-refractivity contribution in [2.45, 2.75) is 58.3 Å². The second-order valence-electron chi connectivity index (χ2n) is 4.84. The molecule has 0 saturated heterocycles. The van der Waals surface area contributed by atoms with E-state index in [0.717, 1.165) is 12.8 Å². The van der Waals surface area contributed by atoms with E-state index in [1.54, 1.807) is 12.1 Å². The van der Waals surface area contributed by atoms with Crippen LogP contribution in [0.15, 0.2) is 24.3 Å². The fourth-order valence-corrected chi connectivity index (χ4v) is 1.92. The molecule has 1 aromatic carbocycles. The van der Waals surface area contributed by atoms with Crippen molar-refractivity contribution in [1.82, 2.24) is 0 Å². The highest BCUT2D eigenvalue weighted by Crippen LogP contribution is 2.17. The highest BCUT2D eigenvalue weighted by Gasteiger charge is 2.04. The third-order valence-electron chi connectivity index (χ3n) is 3.05. The van der Waals surface area contributed by atoms with Gasteiger partial charge in [0.05, 0.1) is 0 Å². The van der Waals surface area contributed by atoms with Gasteiger partial charge in [0.25, 0.3) is 0 Å². The Labute approximate surface area is 115 Å². The first-order chi connectivity index (χ1) is 9.22. The van der Waals surface area contributed by atoms with Gasteiger partial charge in [-0.2, -0.15) is 0 Å². The summed E-state index contributed by atoms with van der Waals surface area (Å²) in [6.07, 6.45) is 8.79. The van der Waals surface area contributed by atoms with Crippen LogP contribution in [0.3, 0.4) is 0 Å². The quantitative estimate of drug-likeness (QED) is 0.407. The molecule has 106 valence electrons. The van der Waals surface area contributed by atoms with Crippen molar-refractivity contribution in [3.8, 4) is 11.5 Å². The molecule has 0 spiro atoms. The van der Waals surface area contributed by atoms with E-state index in [4.69, 9.17) is 9.84 Å². The van der Waals surface area contributed by atoms with E-state index in [1.165, 1.54) is 44.2 Å². The molecule has 0 amide bonds. The Kier molecular flexibility index (Phi) is 7.71. The van der Waals surface area contributed by atoms with Gasteiger partial charge in [0, 0.05) is 6.42 Å². The molecule has 0 aliphatic carbocycles. The van der Waals surface area contributed by atoms with Crippen molar-refractivity contribution in [2.24, 2.45) is 0 Å². The van der Waals surface area contributed by atoms with Gasteiger partial charge >= 0.3 is 5.97 Å². The van der Waals surface area contributed by atoms with Crippen molar-refractivity contribution in [3.05, 3.63) is 24.3 Å². The molecule has 0 aliphatic heterocycles. The van der Waals surface area contributed by atoms with Crippen LogP contribution in [0.1, 0.15) is 58.3 Å². The molecule has 0 fully saturated rings. The Balaban J connectivity index is 2.06. The van der Waals surface area contributed by atoms with Gasteiger partial charge in [0.2, 0.25) is 0 Å². The molecule has 0 bridgehead atoms. The summed E-state index contributed by atoms with van der Waals surface area (Å²) < 4.78 is 5.16. The van der Waals surface area contributed by atoms with Crippen LogP contribution in [-0.2, 0) is 4.79 Å². The molecule has 0 radical (unpaired) electrons. The number of benzene rings is 1. The van der Waals surface area contributed by atoms with Crippen LogP contribution in [0.5, 0.6) is 11.5 Å². The first-order valence-electron chi connectivity index (χ1n) is 7.22. The summed E-state index contributed by atoms with van der Waals surface area (Å²) in [5.41, 5.74) is 0. The van der Waals surface area contributed by atoms with Gasteiger partial charge in [-0.1, -0.05) is 45.4 Å². The van der Waals surface area contributed by atoms with Gasteiger partial charge < -0.3 is 9.84 Å². The summed E-state index contributed by atoms with van der Waals surface area (Å²) in [6.45, 7) is 2.21. The Hall–Kier alpha value is -1.51. The van der Waals surface area contributed by atoms with E-state index in [1.807, 2.05) is 0 Å². The second-order valence-corrected chi connectivity index (χ2v) is 4.84. The fourth-order valence-electron chi connectivity index (χ4n) is 1.92. The molecular formula is C16H24O3. The molecule has 0 unspecified atom stereocenters. The van der Waals surface area contributed by atoms with Crippen LogP contribution in [0, 0.1) is 0 Å². The molecule has 3 nitrogen and oxygen atoms in total. The van der Waals surface area contributed by atoms with Gasteiger partial charge in [-0.15, -0.1) is 0 Å². The predicted octanol–water partition coefficient (Wildman–Crippen LogP) is 4.44. The van der Waals surface area contributed by atoms with Gasteiger partial charge in [0.15, 0.2) is 0 Å². The standard InChI is InChI=1S/C16H24O3/c1-2-3-4-5-6-7-8-9-16(18)19-15-12-10-14(17)11-13-15/h10-13,17H,2-9H2,1H3. The Morgan fingerprint density at radius 1 is 1.00 bits per heavy atom. The van der Waals surface area contributed by atoms with E-state index in [9.17, 15) is 4.79 Å². The summed E-state index contributed by atoms with van der Waals surface area (Å²) in [5, 5.41) is 9.11. The zero-order valence-electron chi connectivity index (χ0n) is 11.7. The zero-order chi connectivity index (χ0) is 13.9. The van der Waals surface area contributed by atoms with E-state index in [-0.39, 0.29) is 11.7 Å². The van der Waals surface area contributed by atoms with Crippen LogP contribution in [0.4, 0.5) is 0 Å². The number of unbranched alkanes of at least 4 members (excludes halogenated alkanes) is 6. The summed E-state index contributed by atoms with van der Waals surface area (Å²) in [4.78, 5) is 11.5. The van der Waals surface area contributed by atoms with Crippen molar-refractivity contribution in [2.75, 3.05) is 0 Å². The first kappa shape index (κ1) is 15.5. The fraction of sp³-hybridized carbons (Fsp3) is 0.562. The highest BCUT2D eigenvalue weighted by molar-refractivity contribution is 5.72. The SMILES string of the molecule is CCCCCCCCCC(=O)Oc1ccc(O)cc1. The summed E-state index contributed by atoms with van der Waals surface area (Å²) in [5.74, 6) is 0.469. The molecule has 0 heterocycles. The smallest absolute Gasteiger partial charge is 0.311 e. The van der Waals surface area contributed by atoms with Gasteiger partial charge in [-0.05, 0) is 30.7 Å². The van der Waals surface area contributed by atoms with Crippen molar-refractivity contribution >= 4 is 5.97 Å². The lowest BCUT2D eigenvalue weighted by atomic mass is 10.1. The number of carbonyl (C=O) groups is 1. The molecule has 1 N–H and O–H groups in total. The summed E-state index contributed by atoms with van der Waals surface area (Å²) in [7, 11) is 0. The van der Waals surface area contributed by atoms with Crippen LogP contribution < -0.4 is 4.74 Å². The monoisotopic (exact) mass is 264 g/mol. The molecule has 0 aromatic heterocycles. The maximum absolute atomic E-state index is 11.5. The van der Waals surface area contributed by atoms with Gasteiger partial charge in [-0.3, -0.25) is 4.79 Å². The maximum Gasteiger partial charge on any atom is 0.311 e. The Morgan fingerprint density at radius 3 is 2.21 bits per heavy atom. The average molecular weight is 264 g/mol. The highest BCUT2D eigenvalue weighted by atomic mass is 16.5. The normalized spacial score (nSPS) is 10.4. The molecular weight excluding hydrogens is 240 g/mol. The van der Waals surface area contributed by atoms with Crippen LogP contribution >= 0.6 is 0 Å².